The normalized spacial score (nSPS) is 14.2. The van der Waals surface area contributed by atoms with Crippen LogP contribution in [0.25, 0.3) is 0 Å². The van der Waals surface area contributed by atoms with Crippen molar-refractivity contribution in [1.82, 2.24) is 0 Å². The maximum Gasteiger partial charge on any atom is 0.306 e. The van der Waals surface area contributed by atoms with Gasteiger partial charge in [0, 0.05) is 13.0 Å². The van der Waals surface area contributed by atoms with Crippen LogP contribution in [0.3, 0.4) is 0 Å². The van der Waals surface area contributed by atoms with Crippen LogP contribution in [0.2, 0.25) is 0 Å². The number of likely N-dealkylation sites (N-methyl/N-ethyl adjacent to an activating group) is 1. The summed E-state index contributed by atoms with van der Waals surface area (Å²) in [6.45, 7) is 5.28. The summed E-state index contributed by atoms with van der Waals surface area (Å²) in [7, 11) is 1.34. The summed E-state index contributed by atoms with van der Waals surface area (Å²) in [5.74, 6) is -0.344. The standard InChI is InChI=1S/C54H98NO7P/c1-6-8-10-12-14-16-18-20-22-24-25-26-27-28-29-30-31-32-33-35-37-39-41-43-45-47-54(56)62-53(52-61-63(57,58)60-50-48-55(3,4)5)51-59-49-46-44-42-40-38-36-34-23-21-19-17-15-13-11-9-7-2/h8,10,14,16,20-23,25-26,28-29,53H,6-7,9,11-13,15,17-19,24,27,30-52H2,1-5H3/b10-8-,16-14-,22-20-,23-21-,26-25-,29-28-. The van der Waals surface area contributed by atoms with Crippen LogP contribution >= 0.6 is 7.82 Å². The SMILES string of the molecule is CC/C=C\C/C=C\C/C=C\C/C=C\C/C=C\CCCCCCCCCCCC(=O)OC(COCCCCCCCC/C=C\CCCCCCCC)COP(=O)([O-])OCC[N+](C)(C)C. The molecule has 0 aromatic carbocycles. The van der Waals surface area contributed by atoms with Crippen LogP contribution in [0.4, 0.5) is 0 Å². The number of hydrogen-bond donors (Lipinski definition) is 0. The molecule has 63 heavy (non-hydrogen) atoms. The van der Waals surface area contributed by atoms with Gasteiger partial charge < -0.3 is 27.9 Å². The molecule has 0 N–H and O–H groups in total. The molecule has 0 saturated heterocycles. The molecule has 2 unspecified atom stereocenters. The zero-order chi connectivity index (χ0) is 46.2. The van der Waals surface area contributed by atoms with Crippen molar-refractivity contribution in [3.8, 4) is 0 Å². The number of hydrogen-bond acceptors (Lipinski definition) is 7. The van der Waals surface area contributed by atoms with Crippen molar-refractivity contribution >= 4 is 13.8 Å². The number of phosphoric ester groups is 1. The van der Waals surface area contributed by atoms with Crippen molar-refractivity contribution in [2.75, 3.05) is 54.1 Å². The van der Waals surface area contributed by atoms with E-state index in [1.165, 1.54) is 116 Å². The summed E-state index contributed by atoms with van der Waals surface area (Å²) in [6, 6.07) is 0. The third-order valence-corrected chi connectivity index (χ3v) is 11.7. The van der Waals surface area contributed by atoms with Crippen molar-refractivity contribution < 1.29 is 37.3 Å². The number of esters is 1. The fourth-order valence-corrected chi connectivity index (χ4v) is 7.53. The van der Waals surface area contributed by atoms with E-state index in [2.05, 4.69) is 86.8 Å². The highest BCUT2D eigenvalue weighted by atomic mass is 31.2. The Bertz CT molecular complexity index is 1230. The summed E-state index contributed by atoms with van der Waals surface area (Å²) in [6.07, 6.45) is 60.6. The number of carbonyl (C=O) groups excluding carboxylic acids is 1. The Hall–Kier alpha value is -2.06. The molecule has 0 aliphatic heterocycles. The monoisotopic (exact) mass is 904 g/mol. The molecule has 0 saturated carbocycles. The highest BCUT2D eigenvalue weighted by Gasteiger charge is 2.20. The Morgan fingerprint density at radius 3 is 1.40 bits per heavy atom. The second kappa shape index (κ2) is 46.5. The Labute approximate surface area is 389 Å². The lowest BCUT2D eigenvalue weighted by Crippen LogP contribution is -2.37. The van der Waals surface area contributed by atoms with Crippen LogP contribution in [0, 0.1) is 0 Å². The van der Waals surface area contributed by atoms with Crippen LogP contribution in [0.1, 0.15) is 206 Å². The van der Waals surface area contributed by atoms with Gasteiger partial charge in [-0.25, -0.2) is 0 Å². The average Bonchev–Trinajstić information content (AvgIpc) is 3.24. The van der Waals surface area contributed by atoms with Crippen molar-refractivity contribution in [2.45, 2.75) is 213 Å². The first-order valence-electron chi connectivity index (χ1n) is 25.7. The van der Waals surface area contributed by atoms with Crippen LogP contribution in [-0.2, 0) is 27.9 Å². The molecule has 0 fully saturated rings. The zero-order valence-electron chi connectivity index (χ0n) is 41.5. The molecular weight excluding hydrogens is 806 g/mol. The van der Waals surface area contributed by atoms with Gasteiger partial charge in [-0.05, 0) is 83.5 Å². The maximum atomic E-state index is 12.8. The Morgan fingerprint density at radius 1 is 0.508 bits per heavy atom. The predicted molar refractivity (Wildman–Crippen MR) is 268 cm³/mol. The van der Waals surface area contributed by atoms with Gasteiger partial charge in [-0.15, -0.1) is 0 Å². The predicted octanol–water partition coefficient (Wildman–Crippen LogP) is 15.2. The van der Waals surface area contributed by atoms with Crippen LogP contribution in [0.5, 0.6) is 0 Å². The third-order valence-electron chi connectivity index (χ3n) is 10.7. The topological polar surface area (TPSA) is 94.1 Å². The number of ether oxygens (including phenoxy) is 2. The minimum atomic E-state index is -4.54. The smallest absolute Gasteiger partial charge is 0.306 e. The quantitative estimate of drug-likeness (QED) is 0.0197. The fourth-order valence-electron chi connectivity index (χ4n) is 6.80. The molecule has 0 spiro atoms. The van der Waals surface area contributed by atoms with Gasteiger partial charge in [-0.3, -0.25) is 9.36 Å². The summed E-state index contributed by atoms with van der Waals surface area (Å²) in [5, 5.41) is 0. The third kappa shape index (κ3) is 50.8. The maximum absolute atomic E-state index is 12.8. The molecule has 2 atom stereocenters. The van der Waals surface area contributed by atoms with Crippen molar-refractivity contribution in [3.05, 3.63) is 72.9 Å². The molecule has 8 nitrogen and oxygen atoms in total. The molecule has 0 heterocycles. The number of unbranched alkanes of at least 4 members (excludes halogenated alkanes) is 21. The summed E-state index contributed by atoms with van der Waals surface area (Å²) in [5.41, 5.74) is 0. The summed E-state index contributed by atoms with van der Waals surface area (Å²) in [4.78, 5) is 25.2. The molecule has 0 bridgehead atoms. The Balaban J connectivity index is 4.16. The van der Waals surface area contributed by atoms with Crippen LogP contribution < -0.4 is 4.89 Å². The number of rotatable bonds is 47. The molecule has 0 radical (unpaired) electrons. The lowest BCUT2D eigenvalue weighted by molar-refractivity contribution is -0.870. The molecule has 0 aromatic rings. The molecule has 0 amide bonds. The fraction of sp³-hybridized carbons (Fsp3) is 0.759. The number of phosphoric acid groups is 1. The summed E-state index contributed by atoms with van der Waals surface area (Å²) >= 11 is 0. The van der Waals surface area contributed by atoms with E-state index in [4.69, 9.17) is 18.5 Å². The van der Waals surface area contributed by atoms with Gasteiger partial charge in [0.25, 0.3) is 7.82 Å². The van der Waals surface area contributed by atoms with E-state index in [0.717, 1.165) is 70.6 Å². The lowest BCUT2D eigenvalue weighted by Gasteiger charge is -2.28. The van der Waals surface area contributed by atoms with E-state index in [9.17, 15) is 14.3 Å². The average molecular weight is 904 g/mol. The number of quaternary nitrogens is 1. The van der Waals surface area contributed by atoms with Gasteiger partial charge in [0.2, 0.25) is 0 Å². The van der Waals surface area contributed by atoms with Crippen LogP contribution in [0.15, 0.2) is 72.9 Å². The number of carbonyl (C=O) groups is 1. The van der Waals surface area contributed by atoms with Gasteiger partial charge in [-0.2, -0.15) is 0 Å². The van der Waals surface area contributed by atoms with Gasteiger partial charge >= 0.3 is 5.97 Å². The highest BCUT2D eigenvalue weighted by molar-refractivity contribution is 7.45. The van der Waals surface area contributed by atoms with Gasteiger partial charge in [-0.1, -0.05) is 189 Å². The molecule has 0 rings (SSSR count). The molecule has 0 aliphatic carbocycles. The second-order valence-electron chi connectivity index (χ2n) is 18.1. The largest absolute Gasteiger partial charge is 0.756 e. The van der Waals surface area contributed by atoms with Crippen molar-refractivity contribution in [3.63, 3.8) is 0 Å². The van der Waals surface area contributed by atoms with E-state index in [-0.39, 0.29) is 25.8 Å². The minimum Gasteiger partial charge on any atom is -0.756 e. The van der Waals surface area contributed by atoms with E-state index in [1.807, 2.05) is 21.1 Å². The Morgan fingerprint density at radius 2 is 0.921 bits per heavy atom. The number of nitrogens with zero attached hydrogens (tertiary/aromatic N) is 1. The first-order valence-corrected chi connectivity index (χ1v) is 27.1. The summed E-state index contributed by atoms with van der Waals surface area (Å²) < 4.78 is 34.7. The molecular formula is C54H98NO7P. The highest BCUT2D eigenvalue weighted by Crippen LogP contribution is 2.38. The zero-order valence-corrected chi connectivity index (χ0v) is 42.4. The minimum absolute atomic E-state index is 0.0208. The molecule has 9 heteroatoms. The van der Waals surface area contributed by atoms with E-state index in [0.29, 0.717) is 24.1 Å². The van der Waals surface area contributed by atoms with Crippen molar-refractivity contribution in [2.24, 2.45) is 0 Å². The van der Waals surface area contributed by atoms with E-state index < -0.39 is 13.9 Å². The Kier molecular flexibility index (Phi) is 44.9. The molecule has 0 aromatic heterocycles. The first-order chi connectivity index (χ1) is 30.6. The molecule has 0 aliphatic rings. The number of allylic oxidation sites excluding steroid dienone is 12. The van der Waals surface area contributed by atoms with Gasteiger partial charge in [0.15, 0.2) is 0 Å². The van der Waals surface area contributed by atoms with E-state index in [1.54, 1.807) is 0 Å². The molecule has 366 valence electrons. The van der Waals surface area contributed by atoms with E-state index >= 15 is 0 Å². The van der Waals surface area contributed by atoms with Crippen LogP contribution in [-0.4, -0.2) is 70.7 Å². The second-order valence-corrected chi connectivity index (χ2v) is 19.6. The first kappa shape index (κ1) is 60.9. The van der Waals surface area contributed by atoms with Gasteiger partial charge in [0.05, 0.1) is 34.4 Å². The lowest BCUT2D eigenvalue weighted by atomic mass is 10.1. The van der Waals surface area contributed by atoms with Crippen molar-refractivity contribution in [1.29, 1.82) is 0 Å². The van der Waals surface area contributed by atoms with Gasteiger partial charge in [0.1, 0.15) is 19.3 Å².